The van der Waals surface area contributed by atoms with Gasteiger partial charge in [-0.15, -0.1) is 0 Å². The maximum absolute atomic E-state index is 12.2. The molecule has 1 atom stereocenters. The number of rotatable bonds is 1. The minimum absolute atomic E-state index is 0.0738. The second kappa shape index (κ2) is 6.53. The average molecular weight is 278 g/mol. The Hall–Kier alpha value is -1.61. The molecule has 3 nitrogen and oxygen atoms in total. The van der Waals surface area contributed by atoms with Crippen LogP contribution in [0.15, 0.2) is 41.6 Å². The van der Waals surface area contributed by atoms with Gasteiger partial charge in [-0.05, 0) is 18.4 Å². The van der Waals surface area contributed by atoms with Crippen molar-refractivity contribution >= 4 is 23.2 Å². The molecule has 1 heterocycles. The van der Waals surface area contributed by atoms with Crippen LogP contribution >= 0.6 is 11.6 Å². The maximum atomic E-state index is 12.2. The van der Waals surface area contributed by atoms with Crippen molar-refractivity contribution in [3.8, 4) is 0 Å². The fraction of sp³-hybridized carbons (Fsp3) is 0.333. The number of carbonyl (C=O) groups is 2. The van der Waals surface area contributed by atoms with Crippen molar-refractivity contribution < 1.29 is 9.59 Å². The highest BCUT2D eigenvalue weighted by molar-refractivity contribution is 6.42. The minimum Gasteiger partial charge on any atom is -0.382 e. The molecule has 0 aromatic heterocycles. The molecule has 0 saturated carbocycles. The molecule has 4 heteroatoms. The maximum Gasteiger partial charge on any atom is 0.175 e. The highest BCUT2D eigenvalue weighted by atomic mass is 35.5. The molecule has 0 bridgehead atoms. The smallest absolute Gasteiger partial charge is 0.175 e. The number of nitrogens with one attached hydrogen (secondary N) is 1. The van der Waals surface area contributed by atoms with Crippen molar-refractivity contribution in [3.63, 3.8) is 0 Å². The molecule has 1 aromatic rings. The number of Topliss-reactive ketones (excluding diaryl/α,β-unsaturated/α-hetero) is 2. The van der Waals surface area contributed by atoms with E-state index in [2.05, 4.69) is 5.32 Å². The van der Waals surface area contributed by atoms with Gasteiger partial charge >= 0.3 is 0 Å². The van der Waals surface area contributed by atoms with E-state index >= 15 is 0 Å². The van der Waals surface area contributed by atoms with Crippen LogP contribution in [-0.4, -0.2) is 18.1 Å². The first-order valence-electron chi connectivity index (χ1n) is 6.38. The largest absolute Gasteiger partial charge is 0.382 e. The Balaban J connectivity index is 2.17. The van der Waals surface area contributed by atoms with Gasteiger partial charge in [0.2, 0.25) is 0 Å². The standard InChI is InChI=1S/C15H16ClNO2/c16-13-9-17-10-15(19)12(7-4-8-14(13)18)11-5-2-1-3-6-11/h1-3,5-6,9,12,17H,4,7-8,10H2. The Morgan fingerprint density at radius 3 is 2.63 bits per heavy atom. The molecule has 1 unspecified atom stereocenters. The minimum atomic E-state index is -0.147. The molecule has 1 aliphatic heterocycles. The molecule has 0 spiro atoms. The summed E-state index contributed by atoms with van der Waals surface area (Å²) in [7, 11) is 0. The van der Waals surface area contributed by atoms with E-state index in [0.717, 1.165) is 5.56 Å². The number of allylic oxidation sites excluding steroid dienone is 1. The molecule has 2 rings (SSSR count). The van der Waals surface area contributed by atoms with E-state index in [1.807, 2.05) is 30.3 Å². The molecule has 0 saturated heterocycles. The number of carbonyl (C=O) groups excluding carboxylic acids is 2. The molecular weight excluding hydrogens is 262 g/mol. The molecule has 0 aliphatic carbocycles. The van der Waals surface area contributed by atoms with Crippen LogP contribution in [0.2, 0.25) is 0 Å². The Kier molecular flexibility index (Phi) is 4.74. The summed E-state index contributed by atoms with van der Waals surface area (Å²) >= 11 is 5.81. The zero-order chi connectivity index (χ0) is 13.7. The SMILES string of the molecule is O=C1CCCC(c2ccccc2)C(=O)CNC=C1Cl. The van der Waals surface area contributed by atoms with Crippen LogP contribution in [0.5, 0.6) is 0 Å². The van der Waals surface area contributed by atoms with Gasteiger partial charge in [0.05, 0.1) is 11.6 Å². The van der Waals surface area contributed by atoms with E-state index in [0.29, 0.717) is 19.3 Å². The van der Waals surface area contributed by atoms with Crippen molar-refractivity contribution in [1.29, 1.82) is 0 Å². The van der Waals surface area contributed by atoms with Crippen LogP contribution in [-0.2, 0) is 9.59 Å². The lowest BCUT2D eigenvalue weighted by atomic mass is 9.89. The summed E-state index contributed by atoms with van der Waals surface area (Å²) in [5, 5.41) is 2.99. The van der Waals surface area contributed by atoms with Gasteiger partial charge in [0, 0.05) is 18.5 Å². The van der Waals surface area contributed by atoms with E-state index in [1.54, 1.807) is 0 Å². The van der Waals surface area contributed by atoms with E-state index in [9.17, 15) is 9.59 Å². The summed E-state index contributed by atoms with van der Waals surface area (Å²) in [5.41, 5.74) is 1.01. The van der Waals surface area contributed by atoms with Crippen molar-refractivity contribution in [2.75, 3.05) is 6.54 Å². The summed E-state index contributed by atoms with van der Waals surface area (Å²) in [6.45, 7) is 0.197. The number of hydrogen-bond acceptors (Lipinski definition) is 3. The van der Waals surface area contributed by atoms with Crippen molar-refractivity contribution in [1.82, 2.24) is 5.32 Å². The van der Waals surface area contributed by atoms with E-state index in [1.165, 1.54) is 6.20 Å². The number of benzene rings is 1. The summed E-state index contributed by atoms with van der Waals surface area (Å²) in [6.07, 6.45) is 3.16. The number of hydrogen-bond donors (Lipinski definition) is 1. The monoisotopic (exact) mass is 277 g/mol. The Bertz CT molecular complexity index is 496. The summed E-state index contributed by atoms with van der Waals surface area (Å²) in [6, 6.07) is 9.70. The summed E-state index contributed by atoms with van der Waals surface area (Å²) in [5.74, 6) is -0.0941. The molecule has 1 aliphatic rings. The molecular formula is C15H16ClNO2. The van der Waals surface area contributed by atoms with Crippen LogP contribution < -0.4 is 5.32 Å². The Morgan fingerprint density at radius 2 is 1.89 bits per heavy atom. The highest BCUT2D eigenvalue weighted by Crippen LogP contribution is 2.24. The van der Waals surface area contributed by atoms with Gasteiger partial charge in [0.25, 0.3) is 0 Å². The lowest BCUT2D eigenvalue weighted by Gasteiger charge is -2.17. The molecule has 1 aromatic carbocycles. The molecule has 19 heavy (non-hydrogen) atoms. The molecule has 0 radical (unpaired) electrons. The summed E-state index contributed by atoms with van der Waals surface area (Å²) < 4.78 is 0. The van der Waals surface area contributed by atoms with Crippen molar-refractivity contribution in [2.45, 2.75) is 25.2 Å². The van der Waals surface area contributed by atoms with Crippen LogP contribution in [0.3, 0.4) is 0 Å². The van der Waals surface area contributed by atoms with Gasteiger partial charge in [0.1, 0.15) is 0 Å². The zero-order valence-corrected chi connectivity index (χ0v) is 11.3. The van der Waals surface area contributed by atoms with Gasteiger partial charge in [-0.2, -0.15) is 0 Å². The predicted molar refractivity (Wildman–Crippen MR) is 75.0 cm³/mol. The van der Waals surface area contributed by atoms with Crippen LogP contribution in [0.4, 0.5) is 0 Å². The lowest BCUT2D eigenvalue weighted by molar-refractivity contribution is -0.120. The quantitative estimate of drug-likeness (QED) is 0.859. The fourth-order valence-electron chi connectivity index (χ4n) is 2.23. The molecule has 1 N–H and O–H groups in total. The topological polar surface area (TPSA) is 46.2 Å². The fourth-order valence-corrected chi connectivity index (χ4v) is 2.40. The van der Waals surface area contributed by atoms with E-state index in [4.69, 9.17) is 11.6 Å². The molecule has 0 fully saturated rings. The number of ketones is 2. The second-order valence-electron chi connectivity index (χ2n) is 4.62. The first-order chi connectivity index (χ1) is 9.18. The van der Waals surface area contributed by atoms with Gasteiger partial charge in [-0.1, -0.05) is 41.9 Å². The van der Waals surface area contributed by atoms with Crippen molar-refractivity contribution in [2.24, 2.45) is 0 Å². The van der Waals surface area contributed by atoms with Crippen LogP contribution in [0.1, 0.15) is 30.7 Å². The lowest BCUT2D eigenvalue weighted by Crippen LogP contribution is -2.26. The first kappa shape index (κ1) is 13.8. The second-order valence-corrected chi connectivity index (χ2v) is 5.03. The van der Waals surface area contributed by atoms with Gasteiger partial charge in [0.15, 0.2) is 11.6 Å². The van der Waals surface area contributed by atoms with Crippen molar-refractivity contribution in [3.05, 3.63) is 47.1 Å². The third-order valence-corrected chi connectivity index (χ3v) is 3.58. The van der Waals surface area contributed by atoms with Crippen LogP contribution in [0, 0.1) is 0 Å². The normalized spacial score (nSPS) is 21.5. The third-order valence-electron chi connectivity index (χ3n) is 3.26. The van der Waals surface area contributed by atoms with E-state index < -0.39 is 0 Å². The number of halogens is 1. The Labute approximate surface area is 117 Å². The van der Waals surface area contributed by atoms with Gasteiger partial charge in [-0.25, -0.2) is 0 Å². The average Bonchev–Trinajstić information content (AvgIpc) is 2.43. The zero-order valence-electron chi connectivity index (χ0n) is 10.6. The predicted octanol–water partition coefficient (Wildman–Crippen LogP) is 2.76. The Morgan fingerprint density at radius 1 is 1.16 bits per heavy atom. The van der Waals surface area contributed by atoms with Crippen LogP contribution in [0.25, 0.3) is 0 Å². The summed E-state index contributed by atoms with van der Waals surface area (Å²) in [4.78, 5) is 23.8. The first-order valence-corrected chi connectivity index (χ1v) is 6.76. The molecule has 0 amide bonds. The molecule has 100 valence electrons. The van der Waals surface area contributed by atoms with Gasteiger partial charge in [-0.3, -0.25) is 9.59 Å². The van der Waals surface area contributed by atoms with E-state index in [-0.39, 0.29) is 29.1 Å². The van der Waals surface area contributed by atoms with Gasteiger partial charge < -0.3 is 5.32 Å². The third kappa shape index (κ3) is 3.67. The highest BCUT2D eigenvalue weighted by Gasteiger charge is 2.21.